The Hall–Kier alpha value is -3.08. The third kappa shape index (κ3) is 4.19. The molecule has 0 radical (unpaired) electrons. The van der Waals surface area contributed by atoms with Crippen LogP contribution in [-0.4, -0.2) is 57.4 Å². The molecule has 2 aromatic heterocycles. The molecule has 11 heteroatoms. The number of anilines is 1. The first-order chi connectivity index (χ1) is 13.9. The van der Waals surface area contributed by atoms with Crippen molar-refractivity contribution in [1.29, 1.82) is 0 Å². The second-order valence-corrected chi connectivity index (χ2v) is 6.48. The van der Waals surface area contributed by atoms with Crippen molar-refractivity contribution in [3.8, 4) is 28.7 Å². The van der Waals surface area contributed by atoms with Gasteiger partial charge in [0, 0.05) is 31.6 Å². The van der Waals surface area contributed by atoms with E-state index in [-0.39, 0.29) is 5.82 Å². The van der Waals surface area contributed by atoms with Crippen LogP contribution >= 0.6 is 0 Å². The Balaban J connectivity index is 1.66. The maximum absolute atomic E-state index is 12.8. The number of ether oxygens (including phenoxy) is 2. The zero-order valence-corrected chi connectivity index (χ0v) is 15.6. The van der Waals surface area contributed by atoms with Gasteiger partial charge in [-0.2, -0.15) is 18.3 Å². The van der Waals surface area contributed by atoms with Crippen LogP contribution in [0.3, 0.4) is 0 Å². The zero-order valence-electron chi connectivity index (χ0n) is 15.6. The molecule has 0 atom stereocenters. The van der Waals surface area contributed by atoms with E-state index >= 15 is 0 Å². The molecule has 0 saturated carbocycles. The summed E-state index contributed by atoms with van der Waals surface area (Å²) in [6, 6.07) is 5.65. The lowest BCUT2D eigenvalue weighted by molar-refractivity contribution is -0.142. The fraction of sp³-hybridized carbons (Fsp3) is 0.389. The highest BCUT2D eigenvalue weighted by molar-refractivity contribution is 5.71. The molecular formula is C18H19F3N6O2. The third-order valence-electron chi connectivity index (χ3n) is 4.40. The Morgan fingerprint density at radius 3 is 2.93 bits per heavy atom. The number of hydrogen-bond acceptors (Lipinski definition) is 6. The number of halogens is 3. The van der Waals surface area contributed by atoms with E-state index in [1.807, 2.05) is 22.8 Å². The molecule has 1 N–H and O–H groups in total. The predicted molar refractivity (Wildman–Crippen MR) is 98.6 cm³/mol. The molecular weight excluding hydrogens is 389 g/mol. The second-order valence-electron chi connectivity index (χ2n) is 6.48. The van der Waals surface area contributed by atoms with E-state index in [0.717, 1.165) is 22.3 Å². The van der Waals surface area contributed by atoms with Crippen LogP contribution in [0.5, 0.6) is 5.75 Å². The molecule has 1 aromatic carbocycles. The van der Waals surface area contributed by atoms with Crippen LogP contribution in [0, 0.1) is 0 Å². The van der Waals surface area contributed by atoms with Gasteiger partial charge in [-0.3, -0.25) is 0 Å². The summed E-state index contributed by atoms with van der Waals surface area (Å²) in [4.78, 5) is 8.51. The Bertz CT molecular complexity index is 998. The van der Waals surface area contributed by atoms with Crippen molar-refractivity contribution in [2.45, 2.75) is 19.3 Å². The molecule has 0 spiro atoms. The van der Waals surface area contributed by atoms with Gasteiger partial charge in [0.2, 0.25) is 0 Å². The van der Waals surface area contributed by atoms with E-state index in [0.29, 0.717) is 43.6 Å². The van der Waals surface area contributed by atoms with Crippen LogP contribution in [0.25, 0.3) is 22.9 Å². The monoisotopic (exact) mass is 408 g/mol. The zero-order chi connectivity index (χ0) is 20.4. The maximum Gasteiger partial charge on any atom is 0.408 e. The van der Waals surface area contributed by atoms with Crippen molar-refractivity contribution >= 4 is 5.69 Å². The minimum absolute atomic E-state index is 0.0724. The quantitative estimate of drug-likeness (QED) is 0.632. The lowest BCUT2D eigenvalue weighted by atomic mass is 10.1. The van der Waals surface area contributed by atoms with Crippen molar-refractivity contribution < 1.29 is 22.6 Å². The van der Waals surface area contributed by atoms with E-state index in [1.54, 1.807) is 13.3 Å². The number of nitrogens with zero attached hydrogens (tertiary/aromatic N) is 5. The molecule has 4 rings (SSSR count). The number of alkyl halides is 3. The Labute approximate surface area is 164 Å². The Morgan fingerprint density at radius 1 is 1.28 bits per heavy atom. The number of imidazole rings is 1. The van der Waals surface area contributed by atoms with E-state index in [2.05, 4.69) is 20.4 Å². The summed E-state index contributed by atoms with van der Waals surface area (Å²) in [5, 5.41) is 6.92. The number of aromatic nitrogens is 5. The molecule has 0 saturated heterocycles. The van der Waals surface area contributed by atoms with Crippen LogP contribution < -0.4 is 10.1 Å². The first-order valence-electron chi connectivity index (χ1n) is 8.97. The van der Waals surface area contributed by atoms with Crippen LogP contribution in [0.1, 0.15) is 0 Å². The highest BCUT2D eigenvalue weighted by Crippen LogP contribution is 2.35. The van der Waals surface area contributed by atoms with Crippen LogP contribution in [0.15, 0.2) is 30.7 Å². The standard InChI is InChI=1S/C18H19F3N6O2/c1-28-6-4-22-12-2-3-13-15(8-12)29-7-5-26-9-14(25-16(13)26)17-23-11-24-27(17)10-18(19,20)21/h2-3,8-9,11,22H,4-7,10H2,1H3. The lowest BCUT2D eigenvalue weighted by Gasteiger charge is -2.11. The molecule has 1 aliphatic rings. The Kier molecular flexibility index (Phi) is 5.14. The van der Waals surface area contributed by atoms with Crippen molar-refractivity contribution in [2.75, 3.05) is 32.2 Å². The molecule has 0 bridgehead atoms. The average molecular weight is 408 g/mol. The van der Waals surface area contributed by atoms with Gasteiger partial charge in [-0.25, -0.2) is 14.6 Å². The molecule has 0 unspecified atom stereocenters. The largest absolute Gasteiger partial charge is 0.491 e. The third-order valence-corrected chi connectivity index (χ3v) is 4.40. The van der Waals surface area contributed by atoms with Gasteiger partial charge >= 0.3 is 6.18 Å². The van der Waals surface area contributed by atoms with Crippen molar-refractivity contribution in [2.24, 2.45) is 0 Å². The number of fused-ring (bicyclic) bond motifs is 3. The summed E-state index contributed by atoms with van der Waals surface area (Å²) < 4.78 is 51.9. The van der Waals surface area contributed by atoms with Gasteiger partial charge in [0.15, 0.2) is 5.82 Å². The van der Waals surface area contributed by atoms with Crippen molar-refractivity contribution in [3.05, 3.63) is 30.7 Å². The van der Waals surface area contributed by atoms with Gasteiger partial charge in [0.25, 0.3) is 0 Å². The van der Waals surface area contributed by atoms with Crippen LogP contribution in [-0.2, 0) is 17.8 Å². The SMILES string of the molecule is COCCNc1ccc2c(c1)OCCn1cc(-c3ncnn3CC(F)(F)F)nc1-2. The van der Waals surface area contributed by atoms with Gasteiger partial charge in [-0.15, -0.1) is 0 Å². The summed E-state index contributed by atoms with van der Waals surface area (Å²) >= 11 is 0. The Morgan fingerprint density at radius 2 is 2.14 bits per heavy atom. The highest BCUT2D eigenvalue weighted by atomic mass is 19.4. The summed E-state index contributed by atoms with van der Waals surface area (Å²) in [6.07, 6.45) is -1.62. The minimum Gasteiger partial charge on any atom is -0.491 e. The average Bonchev–Trinajstić information content (AvgIpc) is 3.24. The van der Waals surface area contributed by atoms with Crippen LogP contribution in [0.4, 0.5) is 18.9 Å². The summed E-state index contributed by atoms with van der Waals surface area (Å²) in [5.74, 6) is 1.33. The maximum atomic E-state index is 12.8. The number of nitrogens with one attached hydrogen (secondary N) is 1. The molecule has 1 aliphatic heterocycles. The fourth-order valence-corrected chi connectivity index (χ4v) is 3.14. The second kappa shape index (κ2) is 7.74. The van der Waals surface area contributed by atoms with Gasteiger partial charge in [-0.1, -0.05) is 0 Å². The predicted octanol–water partition coefficient (Wildman–Crippen LogP) is 2.82. The van der Waals surface area contributed by atoms with Crippen molar-refractivity contribution in [3.63, 3.8) is 0 Å². The van der Waals surface area contributed by atoms with Crippen LogP contribution in [0.2, 0.25) is 0 Å². The number of rotatable bonds is 6. The number of benzene rings is 1. The van der Waals surface area contributed by atoms with Gasteiger partial charge in [0.05, 0.1) is 18.7 Å². The molecule has 0 aliphatic carbocycles. The molecule has 3 heterocycles. The van der Waals surface area contributed by atoms with Gasteiger partial charge in [-0.05, 0) is 12.1 Å². The molecule has 0 fully saturated rings. The minimum atomic E-state index is -4.40. The molecule has 29 heavy (non-hydrogen) atoms. The number of hydrogen-bond donors (Lipinski definition) is 1. The molecule has 154 valence electrons. The fourth-order valence-electron chi connectivity index (χ4n) is 3.14. The molecule has 8 nitrogen and oxygen atoms in total. The van der Waals surface area contributed by atoms with E-state index < -0.39 is 12.7 Å². The van der Waals surface area contributed by atoms with Crippen molar-refractivity contribution in [1.82, 2.24) is 24.3 Å². The highest BCUT2D eigenvalue weighted by Gasteiger charge is 2.31. The van der Waals surface area contributed by atoms with Gasteiger partial charge < -0.3 is 19.4 Å². The first-order valence-corrected chi connectivity index (χ1v) is 8.97. The summed E-state index contributed by atoms with van der Waals surface area (Å²) in [7, 11) is 1.63. The molecule has 0 amide bonds. The van der Waals surface area contributed by atoms with Gasteiger partial charge in [0.1, 0.15) is 36.7 Å². The summed E-state index contributed by atoms with van der Waals surface area (Å²) in [6.45, 7) is 0.928. The van der Waals surface area contributed by atoms with E-state index in [1.165, 1.54) is 0 Å². The summed E-state index contributed by atoms with van der Waals surface area (Å²) in [5.41, 5.74) is 1.97. The normalized spacial score (nSPS) is 13.4. The molecule has 3 aromatic rings. The van der Waals surface area contributed by atoms with E-state index in [4.69, 9.17) is 9.47 Å². The first kappa shape index (κ1) is 19.2. The topological polar surface area (TPSA) is 79.0 Å². The lowest BCUT2D eigenvalue weighted by Crippen LogP contribution is -2.19. The smallest absolute Gasteiger partial charge is 0.408 e. The van der Waals surface area contributed by atoms with E-state index in [9.17, 15) is 13.2 Å². The number of methoxy groups -OCH3 is 1.